The van der Waals surface area contributed by atoms with E-state index in [4.69, 9.17) is 0 Å². The van der Waals surface area contributed by atoms with Crippen LogP contribution < -0.4 is 0 Å². The molecule has 98 valence electrons. The summed E-state index contributed by atoms with van der Waals surface area (Å²) in [7, 11) is 0. The molecular formula is C15H28N2. The molecule has 0 bridgehead atoms. The van der Waals surface area contributed by atoms with Gasteiger partial charge in [-0.05, 0) is 45.1 Å². The van der Waals surface area contributed by atoms with Crippen LogP contribution in [0.3, 0.4) is 0 Å². The molecule has 2 heteroatoms. The van der Waals surface area contributed by atoms with Crippen molar-refractivity contribution in [2.45, 2.75) is 70.5 Å². The summed E-state index contributed by atoms with van der Waals surface area (Å²) in [6.45, 7) is 8.97. The van der Waals surface area contributed by atoms with Gasteiger partial charge in [0.15, 0.2) is 0 Å². The molecule has 3 rings (SSSR count). The average Bonchev–Trinajstić information content (AvgIpc) is 2.74. The largest absolute Gasteiger partial charge is 0.298 e. The molecule has 0 aromatic rings. The van der Waals surface area contributed by atoms with Crippen LogP contribution in [0, 0.1) is 5.92 Å². The van der Waals surface area contributed by atoms with E-state index < -0.39 is 0 Å². The Morgan fingerprint density at radius 3 is 2.53 bits per heavy atom. The molecule has 3 aliphatic rings. The molecule has 0 spiro atoms. The highest BCUT2D eigenvalue weighted by Crippen LogP contribution is 2.34. The van der Waals surface area contributed by atoms with Crippen molar-refractivity contribution < 1.29 is 0 Å². The second-order valence-corrected chi connectivity index (χ2v) is 6.67. The van der Waals surface area contributed by atoms with Crippen LogP contribution in [0.25, 0.3) is 0 Å². The Morgan fingerprint density at radius 2 is 1.76 bits per heavy atom. The minimum absolute atomic E-state index is 0.787. The second kappa shape index (κ2) is 4.89. The lowest BCUT2D eigenvalue weighted by Crippen LogP contribution is -2.61. The molecule has 2 aliphatic heterocycles. The van der Waals surface area contributed by atoms with Crippen LogP contribution in [-0.2, 0) is 0 Å². The third-order valence-electron chi connectivity index (χ3n) is 5.48. The lowest BCUT2D eigenvalue weighted by Gasteiger charge is -2.50. The zero-order chi connectivity index (χ0) is 11.8. The van der Waals surface area contributed by atoms with E-state index in [2.05, 4.69) is 23.6 Å². The molecule has 0 aromatic heterocycles. The van der Waals surface area contributed by atoms with Gasteiger partial charge in [0.25, 0.3) is 0 Å². The number of piperazine rings is 1. The SMILES string of the molecule is CC1CCCC1N1CC2CCCCN2CC1C. The third-order valence-corrected chi connectivity index (χ3v) is 5.48. The van der Waals surface area contributed by atoms with Crippen LogP contribution >= 0.6 is 0 Å². The fourth-order valence-electron chi connectivity index (χ4n) is 4.46. The van der Waals surface area contributed by atoms with Crippen molar-refractivity contribution in [1.29, 1.82) is 0 Å². The minimum Gasteiger partial charge on any atom is -0.298 e. The van der Waals surface area contributed by atoms with Gasteiger partial charge in [0.2, 0.25) is 0 Å². The normalized spacial score (nSPS) is 44.8. The zero-order valence-corrected chi connectivity index (χ0v) is 11.6. The molecule has 0 radical (unpaired) electrons. The first-order valence-corrected chi connectivity index (χ1v) is 7.75. The van der Waals surface area contributed by atoms with Crippen LogP contribution in [-0.4, -0.2) is 47.6 Å². The van der Waals surface area contributed by atoms with Crippen molar-refractivity contribution in [3.05, 3.63) is 0 Å². The predicted octanol–water partition coefficient (Wildman–Crippen LogP) is 2.73. The molecule has 1 aliphatic carbocycles. The lowest BCUT2D eigenvalue weighted by atomic mass is 9.94. The highest BCUT2D eigenvalue weighted by atomic mass is 15.3. The summed E-state index contributed by atoms with van der Waals surface area (Å²) in [5, 5.41) is 0. The summed E-state index contributed by atoms with van der Waals surface area (Å²) in [6.07, 6.45) is 8.72. The molecule has 0 aromatic carbocycles. The van der Waals surface area contributed by atoms with Gasteiger partial charge >= 0.3 is 0 Å². The molecular weight excluding hydrogens is 208 g/mol. The smallest absolute Gasteiger partial charge is 0.0224 e. The number of piperidine rings is 1. The van der Waals surface area contributed by atoms with Crippen LogP contribution in [0.2, 0.25) is 0 Å². The Kier molecular flexibility index (Phi) is 3.45. The molecule has 2 heterocycles. The van der Waals surface area contributed by atoms with E-state index in [1.54, 1.807) is 0 Å². The maximum absolute atomic E-state index is 2.87. The third kappa shape index (κ3) is 2.26. The number of fused-ring (bicyclic) bond motifs is 1. The van der Waals surface area contributed by atoms with Gasteiger partial charge in [0.05, 0.1) is 0 Å². The number of hydrogen-bond donors (Lipinski definition) is 0. The first-order chi connectivity index (χ1) is 8.25. The van der Waals surface area contributed by atoms with Crippen molar-refractivity contribution >= 4 is 0 Å². The summed E-state index contributed by atoms with van der Waals surface area (Å²) < 4.78 is 0. The highest BCUT2D eigenvalue weighted by Gasteiger charge is 2.38. The minimum atomic E-state index is 0.787. The number of nitrogens with zero attached hydrogens (tertiary/aromatic N) is 2. The summed E-state index contributed by atoms with van der Waals surface area (Å²) in [6, 6.07) is 2.57. The quantitative estimate of drug-likeness (QED) is 0.691. The predicted molar refractivity (Wildman–Crippen MR) is 72.2 cm³/mol. The van der Waals surface area contributed by atoms with Crippen LogP contribution in [0.15, 0.2) is 0 Å². The van der Waals surface area contributed by atoms with Crippen LogP contribution in [0.5, 0.6) is 0 Å². The molecule has 17 heavy (non-hydrogen) atoms. The fraction of sp³-hybridized carbons (Fsp3) is 1.00. The molecule has 0 N–H and O–H groups in total. The Hall–Kier alpha value is -0.0800. The van der Waals surface area contributed by atoms with Gasteiger partial charge in [-0.15, -0.1) is 0 Å². The summed E-state index contributed by atoms with van der Waals surface area (Å²) in [5.41, 5.74) is 0. The topological polar surface area (TPSA) is 6.48 Å². The number of rotatable bonds is 1. The van der Waals surface area contributed by atoms with Crippen molar-refractivity contribution in [3.8, 4) is 0 Å². The van der Waals surface area contributed by atoms with Crippen LogP contribution in [0.1, 0.15) is 52.4 Å². The Labute approximate surface area is 106 Å². The molecule has 1 saturated carbocycles. The van der Waals surface area contributed by atoms with Gasteiger partial charge in [-0.3, -0.25) is 9.80 Å². The average molecular weight is 236 g/mol. The summed E-state index contributed by atoms with van der Waals surface area (Å²) in [4.78, 5) is 5.63. The first-order valence-electron chi connectivity index (χ1n) is 7.75. The van der Waals surface area contributed by atoms with Gasteiger partial charge in [0.1, 0.15) is 0 Å². The van der Waals surface area contributed by atoms with Gasteiger partial charge in [0, 0.05) is 31.2 Å². The summed E-state index contributed by atoms with van der Waals surface area (Å²) >= 11 is 0. The van der Waals surface area contributed by atoms with Crippen molar-refractivity contribution in [2.24, 2.45) is 5.92 Å². The van der Waals surface area contributed by atoms with Gasteiger partial charge < -0.3 is 0 Å². The number of hydrogen-bond acceptors (Lipinski definition) is 2. The lowest BCUT2D eigenvalue weighted by molar-refractivity contribution is -0.0147. The Bertz CT molecular complexity index is 266. The van der Waals surface area contributed by atoms with Crippen LogP contribution in [0.4, 0.5) is 0 Å². The second-order valence-electron chi connectivity index (χ2n) is 6.67. The zero-order valence-electron chi connectivity index (χ0n) is 11.6. The Morgan fingerprint density at radius 1 is 0.882 bits per heavy atom. The first kappa shape index (κ1) is 12.0. The Balaban J connectivity index is 1.68. The maximum Gasteiger partial charge on any atom is 0.0224 e. The van der Waals surface area contributed by atoms with E-state index in [-0.39, 0.29) is 0 Å². The fourth-order valence-corrected chi connectivity index (χ4v) is 4.46. The molecule has 4 unspecified atom stereocenters. The standard InChI is InChI=1S/C15H28N2/c1-12-6-5-8-15(12)17-11-14-7-3-4-9-16(14)10-13(17)2/h12-15H,3-11H2,1-2H3. The van der Waals surface area contributed by atoms with Gasteiger partial charge in [-0.2, -0.15) is 0 Å². The highest BCUT2D eigenvalue weighted by molar-refractivity contribution is 4.94. The van der Waals surface area contributed by atoms with E-state index in [1.165, 1.54) is 58.2 Å². The molecule has 3 fully saturated rings. The van der Waals surface area contributed by atoms with Gasteiger partial charge in [-0.25, -0.2) is 0 Å². The van der Waals surface area contributed by atoms with Crippen molar-refractivity contribution in [2.75, 3.05) is 19.6 Å². The molecule has 0 amide bonds. The molecule has 2 nitrogen and oxygen atoms in total. The van der Waals surface area contributed by atoms with E-state index in [0.29, 0.717) is 0 Å². The van der Waals surface area contributed by atoms with E-state index in [1.807, 2.05) is 0 Å². The molecule has 2 saturated heterocycles. The molecule has 4 atom stereocenters. The van der Waals surface area contributed by atoms with E-state index in [9.17, 15) is 0 Å². The van der Waals surface area contributed by atoms with Gasteiger partial charge in [-0.1, -0.05) is 19.8 Å². The maximum atomic E-state index is 2.87. The van der Waals surface area contributed by atoms with E-state index in [0.717, 1.165) is 24.0 Å². The van der Waals surface area contributed by atoms with Crippen molar-refractivity contribution in [3.63, 3.8) is 0 Å². The van der Waals surface area contributed by atoms with Crippen molar-refractivity contribution in [1.82, 2.24) is 9.80 Å². The van der Waals surface area contributed by atoms with E-state index >= 15 is 0 Å². The summed E-state index contributed by atoms with van der Waals surface area (Å²) in [5.74, 6) is 0.938. The monoisotopic (exact) mass is 236 g/mol.